The zero-order valence-electron chi connectivity index (χ0n) is 27.3. The van der Waals surface area contributed by atoms with Gasteiger partial charge in [0.2, 0.25) is 0 Å². The van der Waals surface area contributed by atoms with E-state index in [1.807, 2.05) is 13.0 Å². The van der Waals surface area contributed by atoms with Crippen molar-refractivity contribution < 1.29 is 23.8 Å². The van der Waals surface area contributed by atoms with Crippen LogP contribution in [0.15, 0.2) is 58.9 Å². The Hall–Kier alpha value is -2.65. The van der Waals surface area contributed by atoms with E-state index in [0.29, 0.717) is 44.2 Å². The molecule has 1 heterocycles. The normalized spacial score (nSPS) is 19.7. The monoisotopic (exact) mass is 711 g/mol. The van der Waals surface area contributed by atoms with Gasteiger partial charge in [0.1, 0.15) is 6.61 Å². The molecule has 0 unspecified atom stereocenters. The van der Waals surface area contributed by atoms with Crippen LogP contribution in [-0.4, -0.2) is 43.3 Å². The molecule has 0 bridgehead atoms. The van der Waals surface area contributed by atoms with E-state index in [0.717, 1.165) is 63.0 Å². The lowest BCUT2D eigenvalue weighted by molar-refractivity contribution is -0.119. The summed E-state index contributed by atoms with van der Waals surface area (Å²) < 4.78 is 18.9. The highest BCUT2D eigenvalue weighted by Crippen LogP contribution is 2.55. The number of aryl methyl sites for hydroxylation is 1. The lowest BCUT2D eigenvalue weighted by Crippen LogP contribution is -2.44. The van der Waals surface area contributed by atoms with E-state index >= 15 is 0 Å². The molecule has 0 saturated carbocycles. The van der Waals surface area contributed by atoms with Gasteiger partial charge < -0.3 is 19.1 Å². The highest BCUT2D eigenvalue weighted by atomic mass is 127. The number of carbonyl (C=O) groups is 2. The van der Waals surface area contributed by atoms with Crippen molar-refractivity contribution in [2.24, 2.45) is 10.8 Å². The number of ketones is 2. The molecule has 0 N–H and O–H groups in total. The third-order valence-corrected chi connectivity index (χ3v) is 9.72. The summed E-state index contributed by atoms with van der Waals surface area (Å²) in [6.45, 7) is 15.0. The second kappa shape index (κ2) is 13.0. The molecule has 2 aromatic carbocycles. The van der Waals surface area contributed by atoms with Crippen molar-refractivity contribution in [1.29, 1.82) is 0 Å². The first-order valence-electron chi connectivity index (χ1n) is 15.8. The van der Waals surface area contributed by atoms with Crippen molar-refractivity contribution in [3.63, 3.8) is 0 Å². The largest absolute Gasteiger partial charge is 0.490 e. The molecule has 2 aromatic rings. The van der Waals surface area contributed by atoms with Crippen LogP contribution in [0.2, 0.25) is 0 Å². The van der Waals surface area contributed by atoms with E-state index in [-0.39, 0.29) is 22.4 Å². The number of nitrogens with zero attached hydrogens (tertiary/aromatic N) is 1. The van der Waals surface area contributed by atoms with E-state index < -0.39 is 5.92 Å². The molecule has 3 aliphatic rings. The Morgan fingerprint density at radius 2 is 1.48 bits per heavy atom. The Bertz CT molecular complexity index is 1450. The number of benzene rings is 2. The number of halogens is 1. The predicted octanol–water partition coefficient (Wildman–Crippen LogP) is 8.30. The molecule has 0 aromatic heterocycles. The highest BCUT2D eigenvalue weighted by molar-refractivity contribution is 14.1. The average molecular weight is 712 g/mol. The smallest absolute Gasteiger partial charge is 0.174 e. The molecular weight excluding hydrogens is 665 g/mol. The summed E-state index contributed by atoms with van der Waals surface area (Å²) in [6.07, 6.45) is 3.32. The fourth-order valence-electron chi connectivity index (χ4n) is 7.02. The number of hydrogen-bond donors (Lipinski definition) is 0. The first-order chi connectivity index (χ1) is 20.8. The predicted molar refractivity (Wildman–Crippen MR) is 182 cm³/mol. The molecule has 1 aliphatic heterocycles. The van der Waals surface area contributed by atoms with Gasteiger partial charge in [-0.1, -0.05) is 57.5 Å². The van der Waals surface area contributed by atoms with Crippen LogP contribution in [-0.2, 0) is 20.9 Å². The molecular formula is C37H46INO5. The molecule has 5 rings (SSSR count). The summed E-state index contributed by atoms with van der Waals surface area (Å²) in [5.41, 5.74) is 6.58. The quantitative estimate of drug-likeness (QED) is 0.183. The molecule has 0 fully saturated rings. The molecule has 236 valence electrons. The topological polar surface area (TPSA) is 65.1 Å². The van der Waals surface area contributed by atoms with E-state index in [1.165, 1.54) is 5.56 Å². The maximum atomic E-state index is 14.2. The number of carbonyl (C=O) groups excluding carboxylic acids is 2. The van der Waals surface area contributed by atoms with Crippen molar-refractivity contribution in [2.45, 2.75) is 86.2 Å². The van der Waals surface area contributed by atoms with Gasteiger partial charge in [-0.05, 0) is 89.8 Å². The van der Waals surface area contributed by atoms with Gasteiger partial charge >= 0.3 is 0 Å². The molecule has 2 aliphatic carbocycles. The van der Waals surface area contributed by atoms with E-state index in [9.17, 15) is 9.59 Å². The first kappa shape index (κ1) is 32.7. The molecule has 0 saturated heterocycles. The molecule has 0 atom stereocenters. The zero-order chi connectivity index (χ0) is 31.8. The molecule has 0 radical (unpaired) electrons. The molecule has 44 heavy (non-hydrogen) atoms. The minimum Gasteiger partial charge on any atom is -0.490 e. The maximum Gasteiger partial charge on any atom is 0.174 e. The van der Waals surface area contributed by atoms with Crippen molar-refractivity contribution in [2.75, 3.05) is 26.9 Å². The van der Waals surface area contributed by atoms with Crippen LogP contribution >= 0.6 is 22.6 Å². The lowest BCUT2D eigenvalue weighted by Gasteiger charge is -2.49. The van der Waals surface area contributed by atoms with Gasteiger partial charge in [-0.2, -0.15) is 0 Å². The second-order valence-corrected chi connectivity index (χ2v) is 15.2. The van der Waals surface area contributed by atoms with Crippen molar-refractivity contribution in [3.05, 3.63) is 79.2 Å². The van der Waals surface area contributed by atoms with E-state index in [2.05, 4.69) is 92.4 Å². The first-order valence-corrected chi connectivity index (χ1v) is 16.9. The van der Waals surface area contributed by atoms with Crippen LogP contribution in [0.5, 0.6) is 11.5 Å². The standard InChI is InChI=1S/C37H46INO5/c1-8-43-31-17-25(16-26(38)35(31)44-22-24-12-10-23(2)11-13-24)32-33-27(18-36(3,4)20-29(33)40)39(14-9-15-42-7)28-19-37(5,6)21-30(41)34(28)32/h10-13,16-17,32H,8-9,14-15,18-22H2,1-7H3. The van der Waals surface area contributed by atoms with Gasteiger partial charge in [0.25, 0.3) is 0 Å². The number of ether oxygens (including phenoxy) is 3. The van der Waals surface area contributed by atoms with Crippen LogP contribution in [0.25, 0.3) is 0 Å². The van der Waals surface area contributed by atoms with Crippen LogP contribution in [0.1, 0.15) is 89.3 Å². The van der Waals surface area contributed by atoms with Gasteiger partial charge in [0, 0.05) is 61.6 Å². The van der Waals surface area contributed by atoms with Gasteiger partial charge in [-0.3, -0.25) is 9.59 Å². The molecule has 6 nitrogen and oxygen atoms in total. The minimum atomic E-state index is -0.426. The third kappa shape index (κ3) is 6.79. The number of Topliss-reactive ketones (excluding diaryl/α,β-unsaturated/α-hetero) is 2. The van der Waals surface area contributed by atoms with Crippen LogP contribution < -0.4 is 9.47 Å². The van der Waals surface area contributed by atoms with Crippen LogP contribution in [0, 0.1) is 21.3 Å². The lowest BCUT2D eigenvalue weighted by atomic mass is 9.63. The van der Waals surface area contributed by atoms with Crippen molar-refractivity contribution >= 4 is 34.2 Å². The van der Waals surface area contributed by atoms with Crippen molar-refractivity contribution in [1.82, 2.24) is 4.90 Å². The summed E-state index contributed by atoms with van der Waals surface area (Å²) in [7, 11) is 1.72. The number of hydrogen-bond acceptors (Lipinski definition) is 6. The summed E-state index contributed by atoms with van der Waals surface area (Å²) >= 11 is 2.31. The molecule has 7 heteroatoms. The molecule has 0 amide bonds. The molecule has 0 spiro atoms. The fourth-order valence-corrected chi connectivity index (χ4v) is 7.80. The Kier molecular flexibility index (Phi) is 9.66. The van der Waals surface area contributed by atoms with Crippen LogP contribution in [0.3, 0.4) is 0 Å². The van der Waals surface area contributed by atoms with Gasteiger partial charge in [-0.25, -0.2) is 0 Å². The van der Waals surface area contributed by atoms with Gasteiger partial charge in [0.15, 0.2) is 23.1 Å². The number of allylic oxidation sites excluding steroid dienone is 4. The average Bonchev–Trinajstić information content (AvgIpc) is 2.92. The summed E-state index contributed by atoms with van der Waals surface area (Å²) in [6, 6.07) is 12.4. The highest BCUT2D eigenvalue weighted by Gasteiger charge is 2.49. The van der Waals surface area contributed by atoms with E-state index in [4.69, 9.17) is 14.2 Å². The zero-order valence-corrected chi connectivity index (χ0v) is 29.4. The SMILES string of the molecule is CCOc1cc(C2C3=C(CC(C)(C)CC3=O)N(CCCOC)C3=C2C(=O)CC(C)(C)C3)cc(I)c1OCc1ccc(C)cc1. The van der Waals surface area contributed by atoms with Gasteiger partial charge in [-0.15, -0.1) is 0 Å². The minimum absolute atomic E-state index is 0.134. The Morgan fingerprint density at radius 1 is 0.886 bits per heavy atom. The number of rotatable bonds is 10. The Morgan fingerprint density at radius 3 is 2.02 bits per heavy atom. The summed E-state index contributed by atoms with van der Waals surface area (Å²) in [4.78, 5) is 30.6. The number of methoxy groups -OCH3 is 1. The summed E-state index contributed by atoms with van der Waals surface area (Å²) in [5.74, 6) is 1.17. The van der Waals surface area contributed by atoms with Crippen molar-refractivity contribution in [3.8, 4) is 11.5 Å². The van der Waals surface area contributed by atoms with E-state index in [1.54, 1.807) is 7.11 Å². The summed E-state index contributed by atoms with van der Waals surface area (Å²) in [5, 5.41) is 0. The van der Waals surface area contributed by atoms with Gasteiger partial charge in [0.05, 0.1) is 10.2 Å². The fraction of sp³-hybridized carbons (Fsp3) is 0.514. The Labute approximate surface area is 276 Å². The van der Waals surface area contributed by atoms with Crippen LogP contribution in [0.4, 0.5) is 0 Å². The second-order valence-electron chi connectivity index (χ2n) is 14.1. The Balaban J connectivity index is 1.65. The maximum absolute atomic E-state index is 14.2. The third-order valence-electron chi connectivity index (χ3n) is 8.92.